The minimum atomic E-state index is -3.52. The lowest BCUT2D eigenvalue weighted by molar-refractivity contribution is -0.120. The van der Waals surface area contributed by atoms with Crippen molar-refractivity contribution in [1.82, 2.24) is 9.29 Å². The first kappa shape index (κ1) is 20.0. The molecule has 1 amide bonds. The number of sulfonamides is 1. The largest absolute Gasteiger partial charge is 0.302 e. The van der Waals surface area contributed by atoms with Gasteiger partial charge in [-0.2, -0.15) is 4.31 Å². The van der Waals surface area contributed by atoms with E-state index < -0.39 is 10.0 Å². The van der Waals surface area contributed by atoms with Gasteiger partial charge in [-0.05, 0) is 43.4 Å². The number of nitrogens with zero attached hydrogens (tertiary/aromatic N) is 2. The van der Waals surface area contributed by atoms with Crippen molar-refractivity contribution in [2.75, 3.05) is 18.4 Å². The van der Waals surface area contributed by atoms with Crippen molar-refractivity contribution in [2.24, 2.45) is 5.92 Å². The summed E-state index contributed by atoms with van der Waals surface area (Å²) in [4.78, 5) is 16.9. The van der Waals surface area contributed by atoms with Crippen LogP contribution in [-0.4, -0.2) is 36.7 Å². The summed E-state index contributed by atoms with van der Waals surface area (Å²) in [5.41, 5.74) is 1.99. The molecule has 1 aromatic carbocycles. The smallest absolute Gasteiger partial charge is 0.243 e. The Balaban J connectivity index is 1.61. The van der Waals surface area contributed by atoms with Gasteiger partial charge in [-0.25, -0.2) is 13.4 Å². The summed E-state index contributed by atoms with van der Waals surface area (Å²) >= 11 is 1.40. The summed E-state index contributed by atoms with van der Waals surface area (Å²) in [6.45, 7) is 6.73. The van der Waals surface area contributed by atoms with Crippen molar-refractivity contribution in [3.8, 4) is 0 Å². The van der Waals surface area contributed by atoms with E-state index in [0.29, 0.717) is 41.9 Å². The van der Waals surface area contributed by atoms with Gasteiger partial charge in [-0.3, -0.25) is 4.79 Å². The lowest BCUT2D eigenvalue weighted by Crippen LogP contribution is -2.41. The Morgan fingerprint density at radius 2 is 1.85 bits per heavy atom. The molecule has 1 aromatic heterocycles. The zero-order valence-corrected chi connectivity index (χ0v) is 17.4. The maximum absolute atomic E-state index is 12.9. The first-order chi connectivity index (χ1) is 12.8. The third kappa shape index (κ3) is 4.56. The van der Waals surface area contributed by atoms with E-state index in [1.54, 1.807) is 12.1 Å². The van der Waals surface area contributed by atoms with Crippen LogP contribution >= 0.6 is 11.3 Å². The molecular formula is C19H25N3O3S2. The van der Waals surface area contributed by atoms with Gasteiger partial charge in [0.15, 0.2) is 5.13 Å². The van der Waals surface area contributed by atoms with Crippen molar-refractivity contribution in [1.29, 1.82) is 0 Å². The predicted octanol–water partition coefficient (Wildman–Crippen LogP) is 3.61. The second-order valence-electron chi connectivity index (χ2n) is 7.19. The molecule has 3 rings (SSSR count). The number of rotatable bonds is 5. The van der Waals surface area contributed by atoms with Gasteiger partial charge < -0.3 is 5.32 Å². The maximum Gasteiger partial charge on any atom is 0.243 e. The minimum Gasteiger partial charge on any atom is -0.302 e. The van der Waals surface area contributed by atoms with Gasteiger partial charge in [0.1, 0.15) is 0 Å². The van der Waals surface area contributed by atoms with Gasteiger partial charge >= 0.3 is 0 Å². The summed E-state index contributed by atoms with van der Waals surface area (Å²) in [6.07, 6.45) is 1.03. The minimum absolute atomic E-state index is 0.0808. The molecule has 1 fully saturated rings. The number of carbonyl (C=O) groups excluding carboxylic acids is 1. The van der Waals surface area contributed by atoms with Crippen LogP contribution in [-0.2, 0) is 14.8 Å². The summed E-state index contributed by atoms with van der Waals surface area (Å²) in [5, 5.41) is 5.31. The Morgan fingerprint density at radius 1 is 1.22 bits per heavy atom. The van der Waals surface area contributed by atoms with E-state index in [9.17, 15) is 13.2 Å². The number of aromatic nitrogens is 1. The number of piperidine rings is 1. The molecule has 1 saturated heterocycles. The Hall–Kier alpha value is -1.77. The highest BCUT2D eigenvalue weighted by Gasteiger charge is 2.32. The molecule has 0 unspecified atom stereocenters. The Bertz CT molecular complexity index is 897. The van der Waals surface area contributed by atoms with E-state index in [0.717, 1.165) is 11.3 Å². The molecule has 1 aliphatic heterocycles. The summed E-state index contributed by atoms with van der Waals surface area (Å²) in [5.74, 6) is 0.0873. The van der Waals surface area contributed by atoms with Crippen molar-refractivity contribution in [3.63, 3.8) is 0 Å². The Labute approximate surface area is 164 Å². The SMILES string of the molecule is Cc1csc(NC(=O)C2CCN(S(=O)(=O)c3ccc(C(C)C)cc3)CC2)n1. The number of nitrogens with one attached hydrogen (secondary N) is 1. The summed E-state index contributed by atoms with van der Waals surface area (Å²) < 4.78 is 27.2. The standard InChI is InChI=1S/C19H25N3O3S2/c1-13(2)15-4-6-17(7-5-15)27(24,25)22-10-8-16(9-11-22)18(23)21-19-20-14(3)12-26-19/h4-7,12-13,16H,8-11H2,1-3H3,(H,20,21,23). The highest BCUT2D eigenvalue weighted by Crippen LogP contribution is 2.26. The van der Waals surface area contributed by atoms with Crippen LogP contribution in [0.3, 0.4) is 0 Å². The molecule has 0 aliphatic carbocycles. The van der Waals surface area contributed by atoms with Crippen LogP contribution in [0.4, 0.5) is 5.13 Å². The fourth-order valence-electron chi connectivity index (χ4n) is 3.15. The van der Waals surface area contributed by atoms with E-state index in [1.165, 1.54) is 15.6 Å². The molecule has 0 saturated carbocycles. The molecule has 1 N–H and O–H groups in total. The first-order valence-electron chi connectivity index (χ1n) is 9.10. The third-order valence-corrected chi connectivity index (χ3v) is 7.65. The molecular weight excluding hydrogens is 382 g/mol. The number of hydrogen-bond acceptors (Lipinski definition) is 5. The molecule has 0 bridgehead atoms. The molecule has 0 radical (unpaired) electrons. The highest BCUT2D eigenvalue weighted by atomic mass is 32.2. The van der Waals surface area contributed by atoms with Crippen LogP contribution in [0.2, 0.25) is 0 Å². The molecule has 0 atom stereocenters. The van der Waals surface area contributed by atoms with Crippen LogP contribution in [0.25, 0.3) is 0 Å². The fourth-order valence-corrected chi connectivity index (χ4v) is 5.31. The molecule has 1 aliphatic rings. The Morgan fingerprint density at radius 3 is 2.37 bits per heavy atom. The van der Waals surface area contributed by atoms with E-state index >= 15 is 0 Å². The van der Waals surface area contributed by atoms with Crippen LogP contribution in [0, 0.1) is 12.8 Å². The van der Waals surface area contributed by atoms with Gasteiger partial charge in [-0.15, -0.1) is 11.3 Å². The van der Waals surface area contributed by atoms with E-state index in [4.69, 9.17) is 0 Å². The number of thiazole rings is 1. The second kappa shape index (κ2) is 8.08. The van der Waals surface area contributed by atoms with E-state index in [-0.39, 0.29) is 11.8 Å². The number of aryl methyl sites for hydroxylation is 1. The molecule has 2 aromatic rings. The zero-order chi connectivity index (χ0) is 19.6. The van der Waals surface area contributed by atoms with Crippen LogP contribution < -0.4 is 5.32 Å². The molecule has 6 nitrogen and oxygen atoms in total. The van der Waals surface area contributed by atoms with Crippen LogP contribution in [0.1, 0.15) is 43.9 Å². The van der Waals surface area contributed by atoms with Gasteiger partial charge in [-0.1, -0.05) is 26.0 Å². The number of amides is 1. The lowest BCUT2D eigenvalue weighted by Gasteiger charge is -2.30. The topological polar surface area (TPSA) is 79.4 Å². The van der Waals surface area contributed by atoms with E-state index in [1.807, 2.05) is 24.4 Å². The van der Waals surface area contributed by atoms with Gasteiger partial charge in [0, 0.05) is 24.4 Å². The lowest BCUT2D eigenvalue weighted by atomic mass is 9.97. The third-order valence-electron chi connectivity index (χ3n) is 4.86. The molecule has 2 heterocycles. The van der Waals surface area contributed by atoms with Crippen LogP contribution in [0.15, 0.2) is 34.5 Å². The normalized spacial score (nSPS) is 16.6. The summed E-state index contributed by atoms with van der Waals surface area (Å²) in [6, 6.07) is 7.09. The number of carbonyl (C=O) groups is 1. The zero-order valence-electron chi connectivity index (χ0n) is 15.8. The number of benzene rings is 1. The van der Waals surface area contributed by atoms with Crippen molar-refractivity contribution in [3.05, 3.63) is 40.9 Å². The monoisotopic (exact) mass is 407 g/mol. The molecule has 27 heavy (non-hydrogen) atoms. The highest BCUT2D eigenvalue weighted by molar-refractivity contribution is 7.89. The van der Waals surface area contributed by atoms with Gasteiger partial charge in [0.2, 0.25) is 15.9 Å². The van der Waals surface area contributed by atoms with Crippen LogP contribution in [0.5, 0.6) is 0 Å². The fraction of sp³-hybridized carbons (Fsp3) is 0.474. The number of hydrogen-bond donors (Lipinski definition) is 1. The molecule has 8 heteroatoms. The van der Waals surface area contributed by atoms with Gasteiger partial charge in [0.25, 0.3) is 0 Å². The quantitative estimate of drug-likeness (QED) is 0.821. The number of anilines is 1. The van der Waals surface area contributed by atoms with Crippen molar-refractivity contribution >= 4 is 32.4 Å². The first-order valence-corrected chi connectivity index (χ1v) is 11.4. The maximum atomic E-state index is 12.9. The molecule has 146 valence electrons. The second-order valence-corrected chi connectivity index (χ2v) is 9.98. The Kier molecular flexibility index (Phi) is 5.98. The van der Waals surface area contributed by atoms with Crippen molar-refractivity contribution in [2.45, 2.75) is 44.4 Å². The predicted molar refractivity (Wildman–Crippen MR) is 107 cm³/mol. The molecule has 0 spiro atoms. The average molecular weight is 408 g/mol. The van der Waals surface area contributed by atoms with Gasteiger partial charge in [0.05, 0.1) is 10.6 Å². The average Bonchev–Trinajstić information content (AvgIpc) is 3.06. The van der Waals surface area contributed by atoms with Crippen molar-refractivity contribution < 1.29 is 13.2 Å². The van der Waals surface area contributed by atoms with E-state index in [2.05, 4.69) is 24.1 Å². The summed E-state index contributed by atoms with van der Waals surface area (Å²) in [7, 11) is -3.52.